The van der Waals surface area contributed by atoms with Crippen LogP contribution in [-0.4, -0.2) is 32.7 Å². The van der Waals surface area contributed by atoms with E-state index in [2.05, 4.69) is 6.07 Å². The van der Waals surface area contributed by atoms with E-state index >= 15 is 0 Å². The van der Waals surface area contributed by atoms with E-state index in [1.807, 2.05) is 42.1 Å². The number of nitrogens with zero attached hydrogens (tertiary/aromatic N) is 1. The fraction of sp³-hybridized carbons (Fsp3) is 0.286. The van der Waals surface area contributed by atoms with Crippen molar-refractivity contribution >= 4 is 10.8 Å². The first-order valence-electron chi connectivity index (χ1n) is 9.36. The van der Waals surface area contributed by atoms with E-state index in [-0.39, 0.29) is 13.4 Å². The number of aliphatic hydroxyl groups excluding tert-OH is 1. The van der Waals surface area contributed by atoms with Crippen molar-refractivity contribution in [1.82, 2.24) is 0 Å². The van der Waals surface area contributed by atoms with Gasteiger partial charge in [0, 0.05) is 12.7 Å². The normalized spacial score (nSPS) is 12.4. The first kappa shape index (κ1) is 23.8. The molecule has 0 spiro atoms. The van der Waals surface area contributed by atoms with Gasteiger partial charge in [0.05, 0.1) is 25.2 Å². The third-order valence-electron chi connectivity index (χ3n) is 4.87. The second-order valence-corrected chi connectivity index (χ2v) is 7.54. The standard InChI is InChI=1S/C21H22NO5.ClHO4/c1-22-11-16-13(4-5-18(24-2)21(16)25-3)8-17(22)15-10-20-19(26-12-27-20)9-14(15)6-7-23;2-1(3,4)5/h4-5,8-11,23H,6-7,12H2,1-3H3;(H,2,3,4,5)/q+1;/p-1. The van der Waals surface area contributed by atoms with Gasteiger partial charge in [0.2, 0.25) is 12.5 Å². The molecule has 1 aromatic heterocycles. The Kier molecular flexibility index (Phi) is 7.24. The molecule has 172 valence electrons. The summed E-state index contributed by atoms with van der Waals surface area (Å²) < 4.78 is 58.0. The zero-order valence-corrected chi connectivity index (χ0v) is 18.4. The molecule has 1 N–H and O–H groups in total. The maximum Gasteiger partial charge on any atom is 0.231 e. The van der Waals surface area contributed by atoms with E-state index in [1.54, 1.807) is 14.2 Å². The molecule has 11 heteroatoms. The van der Waals surface area contributed by atoms with Gasteiger partial charge in [-0.05, 0) is 41.6 Å². The van der Waals surface area contributed by atoms with Crippen LogP contribution in [0.5, 0.6) is 23.0 Å². The smallest absolute Gasteiger partial charge is 0.231 e. The average molecular weight is 468 g/mol. The van der Waals surface area contributed by atoms with Gasteiger partial charge in [-0.15, -0.1) is 10.2 Å². The number of ether oxygens (including phenoxy) is 4. The lowest BCUT2D eigenvalue weighted by molar-refractivity contribution is -2.00. The van der Waals surface area contributed by atoms with Crippen molar-refractivity contribution in [3.05, 3.63) is 42.1 Å². The van der Waals surface area contributed by atoms with Crippen LogP contribution in [0.3, 0.4) is 0 Å². The monoisotopic (exact) mass is 467 g/mol. The Bertz CT molecular complexity index is 1110. The van der Waals surface area contributed by atoms with Crippen molar-refractivity contribution in [3.63, 3.8) is 0 Å². The van der Waals surface area contributed by atoms with Gasteiger partial charge in [-0.25, -0.2) is 23.2 Å². The van der Waals surface area contributed by atoms with Gasteiger partial charge in [0.1, 0.15) is 7.05 Å². The summed E-state index contributed by atoms with van der Waals surface area (Å²) in [5.41, 5.74) is 3.03. The van der Waals surface area contributed by atoms with Crippen LogP contribution >= 0.6 is 0 Å². The molecule has 1 aliphatic rings. The van der Waals surface area contributed by atoms with Crippen molar-refractivity contribution in [3.8, 4) is 34.3 Å². The minimum atomic E-state index is -4.94. The first-order chi connectivity index (χ1) is 15.2. The molecule has 0 saturated heterocycles. The highest BCUT2D eigenvalue weighted by molar-refractivity contribution is 5.91. The maximum absolute atomic E-state index is 9.50. The number of hydrogen-bond donors (Lipinski definition) is 1. The van der Waals surface area contributed by atoms with Gasteiger partial charge in [-0.3, -0.25) is 0 Å². The molecule has 0 aliphatic carbocycles. The highest BCUT2D eigenvalue weighted by Crippen LogP contribution is 2.40. The largest absolute Gasteiger partial charge is 0.493 e. The molecule has 4 rings (SSSR count). The first-order valence-corrected chi connectivity index (χ1v) is 10.6. The topological polar surface area (TPSA) is 153 Å². The van der Waals surface area contributed by atoms with Crippen LogP contribution in [0.25, 0.3) is 22.0 Å². The highest BCUT2D eigenvalue weighted by atomic mass is 35.7. The van der Waals surface area contributed by atoms with Crippen molar-refractivity contribution in [2.45, 2.75) is 6.42 Å². The molecule has 0 radical (unpaired) electrons. The SMILES string of the molecule is COc1ccc2cc(-c3cc4c(cc3CCO)OCO4)[n+](C)cc2c1OC.[O-][Cl+3]([O-])([O-])[O-]. The summed E-state index contributed by atoms with van der Waals surface area (Å²) in [6.45, 7) is 0.285. The molecule has 0 bridgehead atoms. The molecular weight excluding hydrogens is 446 g/mol. The zero-order valence-electron chi connectivity index (χ0n) is 17.6. The molecule has 1 aliphatic heterocycles. The molecule has 0 fully saturated rings. The van der Waals surface area contributed by atoms with Gasteiger partial charge in [-0.1, -0.05) is 0 Å². The molecule has 3 aromatic rings. The number of aliphatic hydroxyl groups is 1. The molecule has 0 saturated carbocycles. The number of methoxy groups -OCH3 is 2. The lowest BCUT2D eigenvalue weighted by Gasteiger charge is -2.17. The molecule has 10 nitrogen and oxygen atoms in total. The van der Waals surface area contributed by atoms with Gasteiger partial charge < -0.3 is 24.1 Å². The Morgan fingerprint density at radius 3 is 2.28 bits per heavy atom. The van der Waals surface area contributed by atoms with Crippen LogP contribution in [0.1, 0.15) is 5.56 Å². The Morgan fingerprint density at radius 2 is 1.69 bits per heavy atom. The van der Waals surface area contributed by atoms with Crippen LogP contribution in [0.15, 0.2) is 36.5 Å². The van der Waals surface area contributed by atoms with Crippen LogP contribution in [0, 0.1) is 10.2 Å². The van der Waals surface area contributed by atoms with Crippen molar-refractivity contribution in [2.24, 2.45) is 7.05 Å². The molecular formula is C21H22ClNO9. The van der Waals surface area contributed by atoms with Gasteiger partial charge in [0.15, 0.2) is 29.2 Å². The zero-order chi connectivity index (χ0) is 23.5. The number of rotatable bonds is 5. The predicted molar refractivity (Wildman–Crippen MR) is 101 cm³/mol. The van der Waals surface area contributed by atoms with E-state index in [0.717, 1.165) is 39.1 Å². The lowest BCUT2D eigenvalue weighted by atomic mass is 9.98. The molecule has 32 heavy (non-hydrogen) atoms. The Morgan fingerprint density at radius 1 is 1.03 bits per heavy atom. The Hall–Kier alpha value is -2.86. The molecule has 0 unspecified atom stereocenters. The Balaban J connectivity index is 0.000000523. The summed E-state index contributed by atoms with van der Waals surface area (Å²) in [4.78, 5) is 0. The second-order valence-electron chi connectivity index (χ2n) is 6.79. The van der Waals surface area contributed by atoms with Crippen LogP contribution in [-0.2, 0) is 13.5 Å². The van der Waals surface area contributed by atoms with E-state index in [1.165, 1.54) is 0 Å². The van der Waals surface area contributed by atoms with Crippen LogP contribution in [0.4, 0.5) is 0 Å². The fourth-order valence-corrected chi connectivity index (χ4v) is 3.55. The van der Waals surface area contributed by atoms with E-state index < -0.39 is 10.2 Å². The van der Waals surface area contributed by atoms with Gasteiger partial charge in [-0.2, -0.15) is 0 Å². The fourth-order valence-electron chi connectivity index (χ4n) is 3.55. The van der Waals surface area contributed by atoms with E-state index in [0.29, 0.717) is 17.9 Å². The highest BCUT2D eigenvalue weighted by Gasteiger charge is 2.23. The second kappa shape index (κ2) is 9.74. The third-order valence-corrected chi connectivity index (χ3v) is 4.87. The number of benzene rings is 2. The number of aryl methyl sites for hydroxylation is 1. The molecule has 2 heterocycles. The molecule has 2 aromatic carbocycles. The van der Waals surface area contributed by atoms with E-state index in [9.17, 15) is 5.11 Å². The number of halogens is 1. The summed E-state index contributed by atoms with van der Waals surface area (Å²) in [6.07, 6.45) is 2.56. The number of fused-ring (bicyclic) bond motifs is 2. The summed E-state index contributed by atoms with van der Waals surface area (Å²) in [5.74, 6) is 2.84. The maximum atomic E-state index is 9.50. The van der Waals surface area contributed by atoms with Crippen molar-refractivity contribution < 1.29 is 57.5 Å². The number of pyridine rings is 1. The van der Waals surface area contributed by atoms with Gasteiger partial charge in [0.25, 0.3) is 0 Å². The molecule has 0 atom stereocenters. The van der Waals surface area contributed by atoms with Crippen molar-refractivity contribution in [1.29, 1.82) is 0 Å². The van der Waals surface area contributed by atoms with Gasteiger partial charge >= 0.3 is 0 Å². The summed E-state index contributed by atoms with van der Waals surface area (Å²) in [6, 6.07) is 9.95. The number of hydrogen-bond acceptors (Lipinski definition) is 9. The summed E-state index contributed by atoms with van der Waals surface area (Å²) >= 11 is 0. The minimum absolute atomic E-state index is 0.0644. The molecule has 0 amide bonds. The summed E-state index contributed by atoms with van der Waals surface area (Å²) in [5, 5.41) is 11.5. The Labute approximate surface area is 186 Å². The van der Waals surface area contributed by atoms with Crippen LogP contribution < -0.4 is 42.2 Å². The van der Waals surface area contributed by atoms with Crippen molar-refractivity contribution in [2.75, 3.05) is 27.6 Å². The van der Waals surface area contributed by atoms with Crippen LogP contribution in [0.2, 0.25) is 0 Å². The van der Waals surface area contributed by atoms with E-state index in [4.69, 9.17) is 37.6 Å². The summed E-state index contributed by atoms with van der Waals surface area (Å²) in [7, 11) is 0.315. The lowest BCUT2D eigenvalue weighted by Crippen LogP contribution is -2.68. The third kappa shape index (κ3) is 5.30. The minimum Gasteiger partial charge on any atom is -0.493 e. The average Bonchev–Trinajstić information content (AvgIpc) is 3.18. The predicted octanol–water partition coefficient (Wildman–Crippen LogP) is -2.14. The quantitative estimate of drug-likeness (QED) is 0.414. The number of aromatic nitrogens is 1.